The normalized spacial score (nSPS) is 17.3. The maximum atomic E-state index is 12.9. The SMILES string of the molecule is O=C(C1=Cc2ccccc2OC1)N1CCC(c2nc3ccccc3s2)CC1. The number of piperidine rings is 1. The highest BCUT2D eigenvalue weighted by molar-refractivity contribution is 7.18. The number of rotatable bonds is 2. The highest BCUT2D eigenvalue weighted by Crippen LogP contribution is 2.34. The number of hydrogen-bond donors (Lipinski definition) is 0. The fourth-order valence-electron chi connectivity index (χ4n) is 3.84. The monoisotopic (exact) mass is 376 g/mol. The molecule has 0 saturated carbocycles. The van der Waals surface area contributed by atoms with Crippen molar-refractivity contribution in [3.8, 4) is 5.75 Å². The minimum atomic E-state index is 0.104. The van der Waals surface area contributed by atoms with Crippen LogP contribution in [0.2, 0.25) is 0 Å². The molecule has 0 spiro atoms. The summed E-state index contributed by atoms with van der Waals surface area (Å²) >= 11 is 1.79. The summed E-state index contributed by atoms with van der Waals surface area (Å²) in [6.45, 7) is 1.91. The number of carbonyl (C=O) groups is 1. The third-order valence-corrected chi connectivity index (χ3v) is 6.55. The molecule has 4 nitrogen and oxygen atoms in total. The third kappa shape index (κ3) is 3.12. The molecule has 0 atom stereocenters. The maximum absolute atomic E-state index is 12.9. The first kappa shape index (κ1) is 16.5. The fourth-order valence-corrected chi connectivity index (χ4v) is 4.97. The van der Waals surface area contributed by atoms with E-state index >= 15 is 0 Å². The van der Waals surface area contributed by atoms with Crippen LogP contribution in [0, 0.1) is 0 Å². The molecule has 1 amide bonds. The predicted octanol–water partition coefficient (Wildman–Crippen LogP) is 4.48. The van der Waals surface area contributed by atoms with Crippen molar-refractivity contribution in [1.29, 1.82) is 0 Å². The molecule has 5 heteroatoms. The minimum absolute atomic E-state index is 0.104. The molecular weight excluding hydrogens is 356 g/mol. The van der Waals surface area contributed by atoms with E-state index in [4.69, 9.17) is 9.72 Å². The lowest BCUT2D eigenvalue weighted by atomic mass is 9.96. The Bertz CT molecular complexity index is 998. The van der Waals surface area contributed by atoms with Crippen LogP contribution in [0.1, 0.15) is 29.3 Å². The highest BCUT2D eigenvalue weighted by Gasteiger charge is 2.28. The lowest BCUT2D eigenvalue weighted by molar-refractivity contribution is -0.128. The van der Waals surface area contributed by atoms with Gasteiger partial charge in [0, 0.05) is 24.6 Å². The number of carbonyl (C=O) groups excluding carboxylic acids is 1. The van der Waals surface area contributed by atoms with Gasteiger partial charge in [-0.05, 0) is 37.1 Å². The Morgan fingerprint density at radius 2 is 1.85 bits per heavy atom. The van der Waals surface area contributed by atoms with Crippen LogP contribution in [-0.4, -0.2) is 35.5 Å². The number of likely N-dealkylation sites (tertiary alicyclic amines) is 1. The summed E-state index contributed by atoms with van der Waals surface area (Å²) in [7, 11) is 0. The second-order valence-electron chi connectivity index (χ2n) is 7.08. The lowest BCUT2D eigenvalue weighted by Crippen LogP contribution is -2.39. The van der Waals surface area contributed by atoms with Gasteiger partial charge in [-0.15, -0.1) is 11.3 Å². The molecular formula is C22H20N2O2S. The number of para-hydroxylation sites is 2. The summed E-state index contributed by atoms with van der Waals surface area (Å²) in [5.74, 6) is 1.40. The molecule has 2 aromatic carbocycles. The van der Waals surface area contributed by atoms with E-state index in [-0.39, 0.29) is 5.91 Å². The molecule has 3 heterocycles. The smallest absolute Gasteiger partial charge is 0.253 e. The quantitative estimate of drug-likeness (QED) is 0.662. The van der Waals surface area contributed by atoms with E-state index < -0.39 is 0 Å². The van der Waals surface area contributed by atoms with Crippen LogP contribution >= 0.6 is 11.3 Å². The van der Waals surface area contributed by atoms with Crippen molar-refractivity contribution in [2.75, 3.05) is 19.7 Å². The molecule has 0 radical (unpaired) electrons. The van der Waals surface area contributed by atoms with E-state index in [0.29, 0.717) is 12.5 Å². The van der Waals surface area contributed by atoms with E-state index in [9.17, 15) is 4.79 Å². The molecule has 0 bridgehead atoms. The van der Waals surface area contributed by atoms with Gasteiger partial charge >= 0.3 is 0 Å². The number of aromatic nitrogens is 1. The van der Waals surface area contributed by atoms with Crippen LogP contribution in [0.5, 0.6) is 5.75 Å². The van der Waals surface area contributed by atoms with E-state index in [2.05, 4.69) is 18.2 Å². The number of benzene rings is 2. The zero-order chi connectivity index (χ0) is 18.2. The van der Waals surface area contributed by atoms with Crippen molar-refractivity contribution in [2.24, 2.45) is 0 Å². The average molecular weight is 376 g/mol. The second-order valence-corrected chi connectivity index (χ2v) is 8.14. The number of fused-ring (bicyclic) bond motifs is 2. The van der Waals surface area contributed by atoms with Gasteiger partial charge < -0.3 is 9.64 Å². The van der Waals surface area contributed by atoms with E-state index in [0.717, 1.165) is 48.3 Å². The number of nitrogens with zero attached hydrogens (tertiary/aromatic N) is 2. The van der Waals surface area contributed by atoms with Crippen molar-refractivity contribution in [2.45, 2.75) is 18.8 Å². The molecule has 1 fully saturated rings. The van der Waals surface area contributed by atoms with Gasteiger partial charge in [-0.1, -0.05) is 30.3 Å². The highest BCUT2D eigenvalue weighted by atomic mass is 32.1. The van der Waals surface area contributed by atoms with Gasteiger partial charge in [0.15, 0.2) is 0 Å². The van der Waals surface area contributed by atoms with Crippen LogP contribution in [0.25, 0.3) is 16.3 Å². The summed E-state index contributed by atoms with van der Waals surface area (Å²) in [5.41, 5.74) is 2.81. The Morgan fingerprint density at radius 1 is 1.07 bits per heavy atom. The Morgan fingerprint density at radius 3 is 2.70 bits per heavy atom. The van der Waals surface area contributed by atoms with E-state index in [1.165, 1.54) is 9.71 Å². The lowest BCUT2D eigenvalue weighted by Gasteiger charge is -2.32. The molecule has 3 aromatic rings. The summed E-state index contributed by atoms with van der Waals surface area (Å²) in [5, 5.41) is 1.21. The van der Waals surface area contributed by atoms with Crippen LogP contribution in [0.3, 0.4) is 0 Å². The molecule has 2 aliphatic heterocycles. The number of thiazole rings is 1. The van der Waals surface area contributed by atoms with Gasteiger partial charge in [0.25, 0.3) is 5.91 Å². The maximum Gasteiger partial charge on any atom is 0.253 e. The zero-order valence-corrected chi connectivity index (χ0v) is 15.7. The van der Waals surface area contributed by atoms with Crippen molar-refractivity contribution >= 4 is 33.5 Å². The first-order valence-corrected chi connectivity index (χ1v) is 10.2. The van der Waals surface area contributed by atoms with Crippen LogP contribution in [0.15, 0.2) is 54.1 Å². The fraction of sp³-hybridized carbons (Fsp3) is 0.273. The van der Waals surface area contributed by atoms with Gasteiger partial charge in [-0.25, -0.2) is 4.98 Å². The Labute approximate surface area is 162 Å². The standard InChI is InChI=1S/C22H20N2O2S/c25-22(17-13-16-5-1-3-7-19(16)26-14-17)24-11-9-15(10-12-24)21-23-18-6-2-4-8-20(18)27-21/h1-8,13,15H,9-12,14H2. The topological polar surface area (TPSA) is 42.4 Å². The first-order chi connectivity index (χ1) is 13.3. The molecule has 0 aliphatic carbocycles. The Kier molecular flexibility index (Phi) is 4.17. The van der Waals surface area contributed by atoms with E-state index in [1.54, 1.807) is 11.3 Å². The van der Waals surface area contributed by atoms with Crippen molar-refractivity contribution in [1.82, 2.24) is 9.88 Å². The van der Waals surface area contributed by atoms with Gasteiger partial charge in [-0.3, -0.25) is 4.79 Å². The predicted molar refractivity (Wildman–Crippen MR) is 108 cm³/mol. The van der Waals surface area contributed by atoms with Crippen molar-refractivity contribution in [3.63, 3.8) is 0 Å². The van der Waals surface area contributed by atoms with Gasteiger partial charge in [0.2, 0.25) is 0 Å². The van der Waals surface area contributed by atoms with Gasteiger partial charge in [0.05, 0.1) is 20.8 Å². The number of hydrogen-bond acceptors (Lipinski definition) is 4. The van der Waals surface area contributed by atoms with Crippen LogP contribution < -0.4 is 4.74 Å². The van der Waals surface area contributed by atoms with Crippen LogP contribution in [-0.2, 0) is 4.79 Å². The van der Waals surface area contributed by atoms with Gasteiger partial charge in [-0.2, -0.15) is 0 Å². The van der Waals surface area contributed by atoms with Crippen molar-refractivity contribution < 1.29 is 9.53 Å². The molecule has 1 aromatic heterocycles. The Balaban J connectivity index is 1.28. The van der Waals surface area contributed by atoms with E-state index in [1.807, 2.05) is 41.3 Å². The zero-order valence-electron chi connectivity index (χ0n) is 14.9. The molecule has 5 rings (SSSR count). The summed E-state index contributed by atoms with van der Waals surface area (Å²) in [6, 6.07) is 16.1. The molecule has 0 N–H and O–H groups in total. The van der Waals surface area contributed by atoms with Crippen LogP contribution in [0.4, 0.5) is 0 Å². The minimum Gasteiger partial charge on any atom is -0.488 e. The summed E-state index contributed by atoms with van der Waals surface area (Å²) in [4.78, 5) is 19.7. The molecule has 2 aliphatic rings. The second kappa shape index (κ2) is 6.82. The average Bonchev–Trinajstić information content (AvgIpc) is 3.17. The largest absolute Gasteiger partial charge is 0.488 e. The molecule has 136 valence electrons. The Hall–Kier alpha value is -2.66. The molecule has 1 saturated heterocycles. The molecule has 27 heavy (non-hydrogen) atoms. The number of ether oxygens (including phenoxy) is 1. The summed E-state index contributed by atoms with van der Waals surface area (Å²) < 4.78 is 6.99. The van der Waals surface area contributed by atoms with Crippen molar-refractivity contribution in [3.05, 3.63) is 64.7 Å². The molecule has 0 unspecified atom stereocenters. The third-order valence-electron chi connectivity index (χ3n) is 5.35. The summed E-state index contributed by atoms with van der Waals surface area (Å²) in [6.07, 6.45) is 3.91. The first-order valence-electron chi connectivity index (χ1n) is 9.35. The van der Waals surface area contributed by atoms with Gasteiger partial charge in [0.1, 0.15) is 12.4 Å². The number of amides is 1.